The zero-order valence-corrected chi connectivity index (χ0v) is 13.7. The van der Waals surface area contributed by atoms with Crippen molar-refractivity contribution in [1.82, 2.24) is 10.2 Å². The Balaban J connectivity index is 2.21. The van der Waals surface area contributed by atoms with Gasteiger partial charge in [-0.1, -0.05) is 26.7 Å². The minimum absolute atomic E-state index is 0.571. The third-order valence-electron chi connectivity index (χ3n) is 4.56. The summed E-state index contributed by atoms with van der Waals surface area (Å²) < 4.78 is 5.32. The molecule has 0 bridgehead atoms. The molecule has 0 saturated carbocycles. The zero-order chi connectivity index (χ0) is 14.1. The van der Waals surface area contributed by atoms with Gasteiger partial charge in [0.1, 0.15) is 0 Å². The highest BCUT2D eigenvalue weighted by molar-refractivity contribution is 7.80. The molecule has 112 valence electrons. The molecular weight excluding hydrogens is 256 g/mol. The molecule has 1 rings (SSSR count). The lowest BCUT2D eigenvalue weighted by Gasteiger charge is -2.42. The lowest BCUT2D eigenvalue weighted by atomic mass is 9.74. The molecule has 0 aliphatic carbocycles. The van der Waals surface area contributed by atoms with Crippen LogP contribution in [0.1, 0.15) is 52.9 Å². The summed E-state index contributed by atoms with van der Waals surface area (Å²) >= 11 is 5.47. The van der Waals surface area contributed by atoms with Crippen molar-refractivity contribution in [2.24, 2.45) is 5.41 Å². The van der Waals surface area contributed by atoms with Crippen LogP contribution < -0.4 is 5.32 Å². The van der Waals surface area contributed by atoms with E-state index in [0.29, 0.717) is 5.41 Å². The first kappa shape index (κ1) is 16.7. The number of nitrogens with zero attached hydrogens (tertiary/aromatic N) is 1. The summed E-state index contributed by atoms with van der Waals surface area (Å²) in [5, 5.41) is 4.28. The molecule has 1 saturated heterocycles. The summed E-state index contributed by atoms with van der Waals surface area (Å²) in [7, 11) is 0. The number of likely N-dealkylation sites (tertiary alicyclic amines) is 1. The smallest absolute Gasteiger partial charge is 0.168 e. The van der Waals surface area contributed by atoms with Crippen LogP contribution >= 0.6 is 12.2 Å². The van der Waals surface area contributed by atoms with Crippen LogP contribution in [0.25, 0.3) is 0 Å². The average Bonchev–Trinajstić information content (AvgIpc) is 2.47. The highest BCUT2D eigenvalue weighted by Crippen LogP contribution is 2.37. The van der Waals surface area contributed by atoms with Crippen molar-refractivity contribution in [2.45, 2.75) is 52.9 Å². The van der Waals surface area contributed by atoms with Gasteiger partial charge in [0, 0.05) is 32.8 Å². The summed E-state index contributed by atoms with van der Waals surface area (Å²) in [4.78, 5) is 2.33. The van der Waals surface area contributed by atoms with E-state index in [1.807, 2.05) is 6.92 Å². The predicted octanol–water partition coefficient (Wildman–Crippen LogP) is 3.19. The van der Waals surface area contributed by atoms with Crippen LogP contribution in [0.3, 0.4) is 0 Å². The van der Waals surface area contributed by atoms with E-state index < -0.39 is 0 Å². The van der Waals surface area contributed by atoms with Gasteiger partial charge < -0.3 is 15.0 Å². The number of piperidine rings is 1. The van der Waals surface area contributed by atoms with Gasteiger partial charge in [0.2, 0.25) is 0 Å². The molecule has 1 N–H and O–H groups in total. The summed E-state index contributed by atoms with van der Waals surface area (Å²) in [6, 6.07) is 0. The van der Waals surface area contributed by atoms with Crippen molar-refractivity contribution in [3.8, 4) is 0 Å². The van der Waals surface area contributed by atoms with Crippen LogP contribution in [-0.4, -0.2) is 42.9 Å². The van der Waals surface area contributed by atoms with Gasteiger partial charge in [-0.25, -0.2) is 0 Å². The standard InChI is InChI=1S/C15H30N2OS/c1-4-15(5-2)8-11-17(12-9-15)14(19)16-10-7-13-18-6-3/h4-13H2,1-3H3,(H,16,19). The van der Waals surface area contributed by atoms with E-state index in [9.17, 15) is 0 Å². The maximum atomic E-state index is 5.47. The molecule has 0 radical (unpaired) electrons. The molecule has 0 amide bonds. The summed E-state index contributed by atoms with van der Waals surface area (Å²) in [5.41, 5.74) is 0.571. The average molecular weight is 286 g/mol. The van der Waals surface area contributed by atoms with Gasteiger partial charge in [0.25, 0.3) is 0 Å². The minimum atomic E-state index is 0.571. The molecule has 0 aromatic rings. The third-order valence-corrected chi connectivity index (χ3v) is 4.96. The number of thiocarbonyl (C=S) groups is 1. The van der Waals surface area contributed by atoms with E-state index in [2.05, 4.69) is 24.1 Å². The normalized spacial score (nSPS) is 18.4. The van der Waals surface area contributed by atoms with E-state index in [-0.39, 0.29) is 0 Å². The first-order chi connectivity index (χ1) is 9.17. The van der Waals surface area contributed by atoms with Crippen molar-refractivity contribution in [2.75, 3.05) is 32.8 Å². The topological polar surface area (TPSA) is 24.5 Å². The molecular formula is C15H30N2OS. The first-order valence-corrected chi connectivity index (χ1v) is 8.18. The van der Waals surface area contributed by atoms with E-state index in [0.717, 1.165) is 44.4 Å². The van der Waals surface area contributed by atoms with Crippen molar-refractivity contribution in [1.29, 1.82) is 0 Å². The second-order valence-corrected chi connectivity index (χ2v) is 5.86. The van der Waals surface area contributed by atoms with Crippen LogP contribution in [0.5, 0.6) is 0 Å². The molecule has 4 heteroatoms. The van der Waals surface area contributed by atoms with E-state index >= 15 is 0 Å². The van der Waals surface area contributed by atoms with Gasteiger partial charge in [-0.2, -0.15) is 0 Å². The van der Waals surface area contributed by atoms with Gasteiger partial charge >= 0.3 is 0 Å². The second kappa shape index (κ2) is 8.75. The third kappa shape index (κ3) is 5.27. The number of nitrogens with one attached hydrogen (secondary N) is 1. The molecule has 0 atom stereocenters. The summed E-state index contributed by atoms with van der Waals surface area (Å²) in [5.74, 6) is 0. The SMILES string of the molecule is CCOCCCNC(=S)N1CCC(CC)(CC)CC1. The molecule has 0 unspecified atom stereocenters. The van der Waals surface area contributed by atoms with E-state index in [4.69, 9.17) is 17.0 Å². The number of rotatable bonds is 7. The van der Waals surface area contributed by atoms with Crippen molar-refractivity contribution >= 4 is 17.3 Å². The van der Waals surface area contributed by atoms with E-state index in [1.54, 1.807) is 0 Å². The van der Waals surface area contributed by atoms with Crippen molar-refractivity contribution in [3.05, 3.63) is 0 Å². The fraction of sp³-hybridized carbons (Fsp3) is 0.933. The Labute approximate surface area is 124 Å². The van der Waals surface area contributed by atoms with E-state index in [1.165, 1.54) is 25.7 Å². The molecule has 1 fully saturated rings. The number of hydrogen-bond acceptors (Lipinski definition) is 2. The lowest BCUT2D eigenvalue weighted by molar-refractivity contribution is 0.134. The summed E-state index contributed by atoms with van der Waals surface area (Å²) in [6.45, 7) is 11.4. The Hall–Kier alpha value is -0.350. The Morgan fingerprint density at radius 1 is 1.21 bits per heavy atom. The second-order valence-electron chi connectivity index (χ2n) is 5.48. The highest BCUT2D eigenvalue weighted by atomic mass is 32.1. The fourth-order valence-electron chi connectivity index (χ4n) is 2.77. The quantitative estimate of drug-likeness (QED) is 0.574. The first-order valence-electron chi connectivity index (χ1n) is 7.78. The number of hydrogen-bond donors (Lipinski definition) is 1. The molecule has 3 nitrogen and oxygen atoms in total. The maximum Gasteiger partial charge on any atom is 0.168 e. The summed E-state index contributed by atoms with van der Waals surface area (Å²) in [6.07, 6.45) is 6.18. The molecule has 1 heterocycles. The van der Waals surface area contributed by atoms with Gasteiger partial charge in [-0.3, -0.25) is 0 Å². The van der Waals surface area contributed by atoms with Crippen LogP contribution in [0, 0.1) is 5.41 Å². The highest BCUT2D eigenvalue weighted by Gasteiger charge is 2.31. The van der Waals surface area contributed by atoms with Crippen LogP contribution in [0.15, 0.2) is 0 Å². The van der Waals surface area contributed by atoms with Crippen molar-refractivity contribution < 1.29 is 4.74 Å². The molecule has 1 aliphatic rings. The van der Waals surface area contributed by atoms with Gasteiger partial charge in [0.05, 0.1) is 0 Å². The van der Waals surface area contributed by atoms with Gasteiger partial charge in [-0.05, 0) is 43.8 Å². The largest absolute Gasteiger partial charge is 0.382 e. The molecule has 0 aromatic carbocycles. The lowest BCUT2D eigenvalue weighted by Crippen LogP contribution is -2.47. The van der Waals surface area contributed by atoms with Crippen LogP contribution in [0.2, 0.25) is 0 Å². The van der Waals surface area contributed by atoms with Crippen LogP contribution in [-0.2, 0) is 4.74 Å². The Bertz CT molecular complexity index is 257. The Morgan fingerprint density at radius 3 is 2.37 bits per heavy atom. The molecule has 19 heavy (non-hydrogen) atoms. The maximum absolute atomic E-state index is 5.47. The zero-order valence-electron chi connectivity index (χ0n) is 12.8. The Morgan fingerprint density at radius 2 is 1.84 bits per heavy atom. The van der Waals surface area contributed by atoms with Gasteiger partial charge in [-0.15, -0.1) is 0 Å². The van der Waals surface area contributed by atoms with Crippen molar-refractivity contribution in [3.63, 3.8) is 0 Å². The van der Waals surface area contributed by atoms with Gasteiger partial charge in [0.15, 0.2) is 5.11 Å². The molecule has 1 aliphatic heterocycles. The fourth-order valence-corrected chi connectivity index (χ4v) is 3.05. The minimum Gasteiger partial charge on any atom is -0.382 e. The predicted molar refractivity (Wildman–Crippen MR) is 85.5 cm³/mol. The monoisotopic (exact) mass is 286 g/mol. The molecule has 0 spiro atoms. The van der Waals surface area contributed by atoms with Crippen LogP contribution in [0.4, 0.5) is 0 Å². The molecule has 0 aromatic heterocycles. The Kier molecular flexibility index (Phi) is 7.69. The number of ether oxygens (including phenoxy) is 1.